The van der Waals surface area contributed by atoms with Crippen molar-refractivity contribution in [1.82, 2.24) is 9.47 Å². The summed E-state index contributed by atoms with van der Waals surface area (Å²) in [6, 6.07) is 17.2. The average Bonchev–Trinajstić information content (AvgIpc) is 3.13. The van der Waals surface area contributed by atoms with Crippen molar-refractivity contribution in [2.75, 3.05) is 13.7 Å². The first kappa shape index (κ1) is 22.0. The number of carbonyl (C=O) groups is 2. The Morgan fingerprint density at radius 1 is 1.09 bits per heavy atom. The number of para-hydroxylation sites is 1. The van der Waals surface area contributed by atoms with Gasteiger partial charge in [0.15, 0.2) is 0 Å². The third kappa shape index (κ3) is 3.44. The number of amides is 1. The molecule has 2 aromatic carbocycles. The van der Waals surface area contributed by atoms with Crippen LogP contribution >= 0.6 is 22.6 Å². The topological polar surface area (TPSA) is 60.8 Å². The molecule has 7 heteroatoms. The van der Waals surface area contributed by atoms with Crippen LogP contribution in [0.15, 0.2) is 66.7 Å². The molecule has 2 bridgehead atoms. The van der Waals surface area contributed by atoms with Gasteiger partial charge in [-0.3, -0.25) is 9.69 Å². The molecule has 3 heterocycles. The second kappa shape index (κ2) is 8.52. The van der Waals surface area contributed by atoms with Gasteiger partial charge >= 0.3 is 12.1 Å². The maximum absolute atomic E-state index is 13.6. The SMILES string of the molecule is COC(=O)[C@]1(c2c(I)c3ccccc3n2C)C[C@@H]2C=C[C@H]1N(C(=O)OCc1ccccc1)C2. The third-order valence-electron chi connectivity index (χ3n) is 6.88. The van der Waals surface area contributed by atoms with Crippen LogP contribution in [0.25, 0.3) is 10.9 Å². The second-order valence-corrected chi connectivity index (χ2v) is 9.77. The minimum atomic E-state index is -1.01. The van der Waals surface area contributed by atoms with E-state index in [-0.39, 0.29) is 18.5 Å². The van der Waals surface area contributed by atoms with Crippen LogP contribution < -0.4 is 0 Å². The normalized spacial score (nSPS) is 23.7. The van der Waals surface area contributed by atoms with Crippen molar-refractivity contribution in [3.8, 4) is 0 Å². The molecule has 3 aliphatic rings. The number of hydrogen-bond donors (Lipinski definition) is 0. The highest BCUT2D eigenvalue weighted by molar-refractivity contribution is 14.1. The first-order chi connectivity index (χ1) is 16.0. The summed E-state index contributed by atoms with van der Waals surface area (Å²) in [5.41, 5.74) is 1.84. The van der Waals surface area contributed by atoms with E-state index in [1.807, 2.05) is 55.6 Å². The van der Waals surface area contributed by atoms with E-state index in [1.54, 1.807) is 4.90 Å². The summed E-state index contributed by atoms with van der Waals surface area (Å²) in [5, 5.41) is 1.09. The van der Waals surface area contributed by atoms with Crippen molar-refractivity contribution in [2.45, 2.75) is 24.5 Å². The molecule has 0 radical (unpaired) electrons. The minimum Gasteiger partial charge on any atom is -0.468 e. The molecule has 3 atom stereocenters. The predicted octanol–water partition coefficient (Wildman–Crippen LogP) is 4.79. The van der Waals surface area contributed by atoms with Crippen molar-refractivity contribution in [2.24, 2.45) is 13.0 Å². The van der Waals surface area contributed by atoms with E-state index in [0.29, 0.717) is 13.0 Å². The zero-order chi connectivity index (χ0) is 23.2. The van der Waals surface area contributed by atoms with Crippen molar-refractivity contribution in [1.29, 1.82) is 0 Å². The van der Waals surface area contributed by atoms with E-state index in [0.717, 1.165) is 25.7 Å². The van der Waals surface area contributed by atoms with E-state index in [2.05, 4.69) is 45.4 Å². The Morgan fingerprint density at radius 3 is 2.52 bits per heavy atom. The van der Waals surface area contributed by atoms with Gasteiger partial charge in [0, 0.05) is 28.1 Å². The Bertz CT molecular complexity index is 1210. The maximum atomic E-state index is 13.6. The first-order valence-electron chi connectivity index (χ1n) is 10.9. The number of nitrogens with zero attached hydrogens (tertiary/aromatic N) is 2. The Labute approximate surface area is 206 Å². The van der Waals surface area contributed by atoms with Gasteiger partial charge in [0.1, 0.15) is 12.0 Å². The molecule has 0 N–H and O–H groups in total. The van der Waals surface area contributed by atoms with Gasteiger partial charge in [0.05, 0.1) is 18.8 Å². The predicted molar refractivity (Wildman–Crippen MR) is 134 cm³/mol. The molecule has 1 amide bonds. The lowest BCUT2D eigenvalue weighted by molar-refractivity contribution is -0.153. The van der Waals surface area contributed by atoms with Crippen LogP contribution in [0.4, 0.5) is 4.79 Å². The number of halogens is 1. The number of aromatic nitrogens is 1. The van der Waals surface area contributed by atoms with Gasteiger partial charge in [-0.25, -0.2) is 4.79 Å². The lowest BCUT2D eigenvalue weighted by atomic mass is 9.64. The van der Waals surface area contributed by atoms with E-state index < -0.39 is 17.6 Å². The molecule has 0 unspecified atom stereocenters. The number of esters is 1. The molecule has 6 nitrogen and oxygen atoms in total. The van der Waals surface area contributed by atoms with Gasteiger partial charge in [-0.1, -0.05) is 60.7 Å². The van der Waals surface area contributed by atoms with Gasteiger partial charge in [0.25, 0.3) is 0 Å². The molecule has 1 aliphatic carbocycles. The summed E-state index contributed by atoms with van der Waals surface area (Å²) in [5.74, 6) is -0.293. The van der Waals surface area contributed by atoms with Gasteiger partial charge in [-0.2, -0.15) is 0 Å². The lowest BCUT2D eigenvalue weighted by Crippen LogP contribution is -2.64. The summed E-state index contributed by atoms with van der Waals surface area (Å²) >= 11 is 2.32. The standard InChI is InChI=1S/C26H25IN2O4/c1-28-20-11-7-6-10-19(20)22(27)23(28)26(24(30)32-2)14-18-12-13-21(26)29(15-18)25(31)33-16-17-8-4-3-5-9-17/h3-13,18,21H,14-16H2,1-2H3/t18-,21+,26+/m0/s1. The third-order valence-corrected chi connectivity index (χ3v) is 7.97. The number of rotatable bonds is 4. The summed E-state index contributed by atoms with van der Waals surface area (Å²) in [6.07, 6.45) is 4.26. The van der Waals surface area contributed by atoms with E-state index >= 15 is 0 Å². The highest BCUT2D eigenvalue weighted by Gasteiger charge is 2.59. The minimum absolute atomic E-state index is 0.0344. The fourth-order valence-electron chi connectivity index (χ4n) is 5.44. The maximum Gasteiger partial charge on any atom is 0.410 e. The van der Waals surface area contributed by atoms with E-state index in [9.17, 15) is 9.59 Å². The summed E-state index contributed by atoms with van der Waals surface area (Å²) in [7, 11) is 3.40. The van der Waals surface area contributed by atoms with Crippen LogP contribution in [-0.2, 0) is 33.3 Å². The van der Waals surface area contributed by atoms with Gasteiger partial charge < -0.3 is 14.0 Å². The van der Waals surface area contributed by atoms with Crippen molar-refractivity contribution in [3.63, 3.8) is 0 Å². The molecule has 1 fully saturated rings. The molecule has 1 aromatic heterocycles. The van der Waals surface area contributed by atoms with Gasteiger partial charge in [0.2, 0.25) is 0 Å². The Balaban J connectivity index is 1.57. The number of methoxy groups -OCH3 is 1. The van der Waals surface area contributed by atoms with Crippen molar-refractivity contribution in [3.05, 3.63) is 81.6 Å². The van der Waals surface area contributed by atoms with Crippen LogP contribution in [0.5, 0.6) is 0 Å². The number of aryl methyl sites for hydroxylation is 1. The molecule has 0 spiro atoms. The average molecular weight is 556 g/mol. The second-order valence-electron chi connectivity index (χ2n) is 8.69. The highest BCUT2D eigenvalue weighted by Crippen LogP contribution is 2.49. The Hall–Kier alpha value is -2.81. The molecular formula is C26H25IN2O4. The Kier molecular flexibility index (Phi) is 5.68. The molecule has 0 saturated carbocycles. The summed E-state index contributed by atoms with van der Waals surface area (Å²) < 4.78 is 14.2. The molecular weight excluding hydrogens is 531 g/mol. The number of hydrogen-bond acceptors (Lipinski definition) is 4. The fourth-order valence-corrected chi connectivity index (χ4v) is 6.74. The van der Waals surface area contributed by atoms with Crippen LogP contribution in [0.3, 0.4) is 0 Å². The molecule has 2 aliphatic heterocycles. The van der Waals surface area contributed by atoms with E-state index in [4.69, 9.17) is 9.47 Å². The van der Waals surface area contributed by atoms with Crippen LogP contribution in [0, 0.1) is 9.49 Å². The van der Waals surface area contributed by atoms with Gasteiger partial charge in [-0.05, 0) is 46.6 Å². The highest BCUT2D eigenvalue weighted by atomic mass is 127. The number of benzene rings is 2. The smallest absolute Gasteiger partial charge is 0.410 e. The quantitative estimate of drug-likeness (QED) is 0.264. The van der Waals surface area contributed by atoms with Crippen LogP contribution in [-0.4, -0.2) is 41.2 Å². The number of piperidine rings is 1. The molecule has 3 aromatic rings. The first-order valence-corrected chi connectivity index (χ1v) is 12.0. The van der Waals surface area contributed by atoms with Crippen molar-refractivity contribution >= 4 is 45.6 Å². The summed E-state index contributed by atoms with van der Waals surface area (Å²) in [4.78, 5) is 28.5. The summed E-state index contributed by atoms with van der Waals surface area (Å²) in [6.45, 7) is 0.710. The van der Waals surface area contributed by atoms with Crippen molar-refractivity contribution < 1.29 is 19.1 Å². The zero-order valence-corrected chi connectivity index (χ0v) is 20.7. The zero-order valence-electron chi connectivity index (χ0n) is 18.5. The largest absolute Gasteiger partial charge is 0.468 e. The molecule has 6 rings (SSSR count). The lowest BCUT2D eigenvalue weighted by Gasteiger charge is -2.51. The monoisotopic (exact) mass is 556 g/mol. The Morgan fingerprint density at radius 2 is 1.82 bits per heavy atom. The number of carbonyl (C=O) groups excluding carboxylic acids is 2. The molecule has 1 saturated heterocycles. The number of fused-ring (bicyclic) bond motifs is 3. The van der Waals surface area contributed by atoms with E-state index in [1.165, 1.54) is 7.11 Å². The number of ether oxygens (including phenoxy) is 2. The fraction of sp³-hybridized carbons (Fsp3) is 0.308. The van der Waals surface area contributed by atoms with Crippen LogP contribution in [0.1, 0.15) is 17.7 Å². The van der Waals surface area contributed by atoms with Gasteiger partial charge in [-0.15, -0.1) is 0 Å². The molecule has 33 heavy (non-hydrogen) atoms. The van der Waals surface area contributed by atoms with Crippen LogP contribution in [0.2, 0.25) is 0 Å². The molecule has 170 valence electrons.